The maximum absolute atomic E-state index is 12.2. The van der Waals surface area contributed by atoms with Crippen molar-refractivity contribution < 1.29 is 13.2 Å². The van der Waals surface area contributed by atoms with Gasteiger partial charge in [0.15, 0.2) is 9.84 Å². The van der Waals surface area contributed by atoms with Gasteiger partial charge in [0.25, 0.3) is 0 Å². The van der Waals surface area contributed by atoms with E-state index in [1.54, 1.807) is 31.4 Å². The second-order valence-corrected chi connectivity index (χ2v) is 7.23. The number of methoxy groups -OCH3 is 1. The highest BCUT2D eigenvalue weighted by molar-refractivity contribution is 7.90. The van der Waals surface area contributed by atoms with Crippen molar-refractivity contribution in [3.8, 4) is 0 Å². The zero-order chi connectivity index (χ0) is 13.9. The fraction of sp³-hybridized carbons (Fsp3) is 0.333. The first kappa shape index (κ1) is 14.1. The van der Waals surface area contributed by atoms with Crippen molar-refractivity contribution in [3.63, 3.8) is 0 Å². The van der Waals surface area contributed by atoms with Crippen LogP contribution in [0.5, 0.6) is 0 Å². The molecule has 0 fully saturated rings. The minimum Gasteiger partial charge on any atom is -0.377 e. The van der Waals surface area contributed by atoms with E-state index in [0.717, 1.165) is 5.56 Å². The molecule has 1 aromatic heterocycles. The zero-order valence-electron chi connectivity index (χ0n) is 10.7. The third-order valence-corrected chi connectivity index (χ3v) is 5.19. The predicted octanol–water partition coefficient (Wildman–Crippen LogP) is 1.97. The van der Waals surface area contributed by atoms with Gasteiger partial charge in [0, 0.05) is 7.11 Å². The molecule has 2 aromatic rings. The Labute approximate surface area is 116 Å². The smallest absolute Gasteiger partial charge is 0.184 e. The molecule has 1 heterocycles. The monoisotopic (exact) mass is 298 g/mol. The van der Waals surface area contributed by atoms with Gasteiger partial charge >= 0.3 is 0 Å². The van der Waals surface area contributed by atoms with Crippen LogP contribution in [0.3, 0.4) is 0 Å². The van der Waals surface area contributed by atoms with Crippen LogP contribution in [0.4, 0.5) is 0 Å². The standard InChI is InChI=1S/C12H14N2O3S2/c1-9-3-5-10(6-4-9)19(15,16)8-12-14-13-11(18-12)7-17-2/h3-6H,7-8H2,1-2H3. The lowest BCUT2D eigenvalue weighted by Gasteiger charge is -2.02. The van der Waals surface area contributed by atoms with Crippen molar-refractivity contribution in [1.29, 1.82) is 0 Å². The third kappa shape index (κ3) is 3.59. The highest BCUT2D eigenvalue weighted by Crippen LogP contribution is 2.19. The summed E-state index contributed by atoms with van der Waals surface area (Å²) in [6.45, 7) is 2.26. The van der Waals surface area contributed by atoms with Gasteiger partial charge < -0.3 is 4.74 Å². The van der Waals surface area contributed by atoms with Gasteiger partial charge in [-0.1, -0.05) is 29.0 Å². The minimum atomic E-state index is -3.36. The lowest BCUT2D eigenvalue weighted by Crippen LogP contribution is -2.04. The van der Waals surface area contributed by atoms with Crippen LogP contribution in [-0.4, -0.2) is 25.7 Å². The first-order chi connectivity index (χ1) is 9.01. The first-order valence-corrected chi connectivity index (χ1v) is 8.08. The maximum Gasteiger partial charge on any atom is 0.184 e. The molecule has 5 nitrogen and oxygen atoms in total. The van der Waals surface area contributed by atoms with Gasteiger partial charge in [-0.05, 0) is 19.1 Å². The van der Waals surface area contributed by atoms with E-state index in [4.69, 9.17) is 4.74 Å². The van der Waals surface area contributed by atoms with Crippen LogP contribution >= 0.6 is 11.3 Å². The average molecular weight is 298 g/mol. The Hall–Kier alpha value is -1.31. The summed E-state index contributed by atoms with van der Waals surface area (Å²) in [4.78, 5) is 0.307. The Morgan fingerprint density at radius 3 is 2.42 bits per heavy atom. The van der Waals surface area contributed by atoms with Gasteiger partial charge in [-0.25, -0.2) is 8.42 Å². The molecule has 0 atom stereocenters. The average Bonchev–Trinajstić information content (AvgIpc) is 2.77. The van der Waals surface area contributed by atoms with Crippen LogP contribution in [0.15, 0.2) is 29.2 Å². The van der Waals surface area contributed by atoms with E-state index >= 15 is 0 Å². The number of aromatic nitrogens is 2. The van der Waals surface area contributed by atoms with Crippen LogP contribution in [0.1, 0.15) is 15.6 Å². The molecule has 0 amide bonds. The summed E-state index contributed by atoms with van der Waals surface area (Å²) in [5.74, 6) is -0.128. The van der Waals surface area contributed by atoms with E-state index in [2.05, 4.69) is 10.2 Å². The Bertz CT molecular complexity index is 648. The molecule has 0 saturated carbocycles. The highest BCUT2D eigenvalue weighted by Gasteiger charge is 2.18. The molecule has 0 radical (unpaired) electrons. The molecule has 0 N–H and O–H groups in total. The molecular formula is C12H14N2O3S2. The Kier molecular flexibility index (Phi) is 4.28. The molecule has 0 spiro atoms. The molecule has 2 rings (SSSR count). The lowest BCUT2D eigenvalue weighted by molar-refractivity contribution is 0.184. The van der Waals surface area contributed by atoms with Gasteiger partial charge in [-0.15, -0.1) is 10.2 Å². The van der Waals surface area contributed by atoms with E-state index in [0.29, 0.717) is 21.5 Å². The molecule has 19 heavy (non-hydrogen) atoms. The molecule has 0 unspecified atom stereocenters. The SMILES string of the molecule is COCc1nnc(CS(=O)(=O)c2ccc(C)cc2)s1. The van der Waals surface area contributed by atoms with Gasteiger partial charge in [0.05, 0.1) is 11.5 Å². The van der Waals surface area contributed by atoms with E-state index < -0.39 is 9.84 Å². The minimum absolute atomic E-state index is 0.128. The molecule has 7 heteroatoms. The summed E-state index contributed by atoms with van der Waals surface area (Å²) < 4.78 is 29.3. The molecular weight excluding hydrogens is 284 g/mol. The topological polar surface area (TPSA) is 69.2 Å². The number of ether oxygens (including phenoxy) is 1. The first-order valence-electron chi connectivity index (χ1n) is 5.61. The van der Waals surface area contributed by atoms with Gasteiger partial charge in [-0.3, -0.25) is 0 Å². The summed E-state index contributed by atoms with van der Waals surface area (Å²) in [5, 5.41) is 8.91. The van der Waals surface area contributed by atoms with Crippen molar-refractivity contribution >= 4 is 21.2 Å². The highest BCUT2D eigenvalue weighted by atomic mass is 32.2. The maximum atomic E-state index is 12.2. The van der Waals surface area contributed by atoms with Gasteiger partial charge in [-0.2, -0.15) is 0 Å². The van der Waals surface area contributed by atoms with Gasteiger partial charge in [0.1, 0.15) is 15.8 Å². The molecule has 1 aromatic carbocycles. The summed E-state index contributed by atoms with van der Waals surface area (Å²) in [5.41, 5.74) is 1.03. The van der Waals surface area contributed by atoms with E-state index in [-0.39, 0.29) is 5.75 Å². The molecule has 0 bridgehead atoms. The number of aryl methyl sites for hydroxylation is 1. The van der Waals surface area contributed by atoms with Crippen LogP contribution in [-0.2, 0) is 26.9 Å². The van der Waals surface area contributed by atoms with Crippen LogP contribution in [0.2, 0.25) is 0 Å². The van der Waals surface area contributed by atoms with Crippen LogP contribution < -0.4 is 0 Å². The molecule has 0 saturated heterocycles. The van der Waals surface area contributed by atoms with Crippen molar-refractivity contribution in [2.24, 2.45) is 0 Å². The molecule has 102 valence electrons. The Morgan fingerprint density at radius 2 is 1.79 bits per heavy atom. The van der Waals surface area contributed by atoms with Gasteiger partial charge in [0.2, 0.25) is 0 Å². The van der Waals surface area contributed by atoms with E-state index in [1.807, 2.05) is 6.92 Å². The number of hydrogen-bond donors (Lipinski definition) is 0. The summed E-state index contributed by atoms with van der Waals surface area (Å²) >= 11 is 1.26. The normalized spacial score (nSPS) is 11.7. The second kappa shape index (κ2) is 5.77. The Morgan fingerprint density at radius 1 is 1.16 bits per heavy atom. The van der Waals surface area contributed by atoms with Crippen molar-refractivity contribution in [2.75, 3.05) is 7.11 Å². The number of benzene rings is 1. The lowest BCUT2D eigenvalue weighted by atomic mass is 10.2. The summed E-state index contributed by atoms with van der Waals surface area (Å²) in [6, 6.07) is 6.79. The summed E-state index contributed by atoms with van der Waals surface area (Å²) in [7, 11) is -1.80. The fourth-order valence-electron chi connectivity index (χ4n) is 1.52. The zero-order valence-corrected chi connectivity index (χ0v) is 12.3. The predicted molar refractivity (Wildman–Crippen MR) is 72.7 cm³/mol. The second-order valence-electron chi connectivity index (χ2n) is 4.09. The molecule has 0 aliphatic carbocycles. The number of nitrogens with zero attached hydrogens (tertiary/aromatic N) is 2. The van der Waals surface area contributed by atoms with E-state index in [9.17, 15) is 8.42 Å². The Balaban J connectivity index is 2.18. The molecule has 0 aliphatic heterocycles. The summed E-state index contributed by atoms with van der Waals surface area (Å²) in [6.07, 6.45) is 0. The van der Waals surface area contributed by atoms with Crippen molar-refractivity contribution in [2.45, 2.75) is 24.2 Å². The van der Waals surface area contributed by atoms with Crippen molar-refractivity contribution in [3.05, 3.63) is 39.8 Å². The van der Waals surface area contributed by atoms with Crippen molar-refractivity contribution in [1.82, 2.24) is 10.2 Å². The largest absolute Gasteiger partial charge is 0.377 e. The van der Waals surface area contributed by atoms with Crippen LogP contribution in [0.25, 0.3) is 0 Å². The quantitative estimate of drug-likeness (QED) is 0.844. The fourth-order valence-corrected chi connectivity index (χ4v) is 3.93. The van der Waals surface area contributed by atoms with Crippen LogP contribution in [0, 0.1) is 6.92 Å². The third-order valence-electron chi connectivity index (χ3n) is 2.47. The van der Waals surface area contributed by atoms with E-state index in [1.165, 1.54) is 11.3 Å². The number of hydrogen-bond acceptors (Lipinski definition) is 6. The molecule has 0 aliphatic rings. The number of sulfone groups is 1. The number of rotatable bonds is 5.